The molecule has 0 bridgehead atoms. The van der Waals surface area contributed by atoms with Crippen molar-refractivity contribution in [1.82, 2.24) is 20.4 Å². The SMILES string of the molecule is Cn1cc(CC(CNC(=O)OC(C)(C)C)CNC2C=CCCC2)cn1. The van der Waals surface area contributed by atoms with Gasteiger partial charge in [-0.05, 0) is 57.9 Å². The Morgan fingerprint density at radius 1 is 1.44 bits per heavy atom. The Balaban J connectivity index is 1.87. The van der Waals surface area contributed by atoms with E-state index in [1.54, 1.807) is 0 Å². The van der Waals surface area contributed by atoms with Crippen molar-refractivity contribution in [1.29, 1.82) is 0 Å². The highest BCUT2D eigenvalue weighted by atomic mass is 16.6. The topological polar surface area (TPSA) is 68.2 Å². The minimum atomic E-state index is -0.478. The van der Waals surface area contributed by atoms with Gasteiger partial charge >= 0.3 is 6.09 Å². The maximum absolute atomic E-state index is 11.9. The fraction of sp³-hybridized carbons (Fsp3) is 0.684. The fourth-order valence-electron chi connectivity index (χ4n) is 2.97. The number of rotatable bonds is 7. The van der Waals surface area contributed by atoms with E-state index in [1.807, 2.05) is 44.9 Å². The normalized spacial score (nSPS) is 18.8. The Morgan fingerprint density at radius 3 is 2.84 bits per heavy atom. The van der Waals surface area contributed by atoms with Crippen LogP contribution in [0.1, 0.15) is 45.6 Å². The van der Waals surface area contributed by atoms with Gasteiger partial charge in [0.25, 0.3) is 0 Å². The monoisotopic (exact) mass is 348 g/mol. The van der Waals surface area contributed by atoms with Crippen LogP contribution in [0.2, 0.25) is 0 Å². The highest BCUT2D eigenvalue weighted by molar-refractivity contribution is 5.67. The van der Waals surface area contributed by atoms with E-state index in [2.05, 4.69) is 27.9 Å². The lowest BCUT2D eigenvalue weighted by atomic mass is 9.99. The lowest BCUT2D eigenvalue weighted by Crippen LogP contribution is -2.40. The molecule has 1 amide bonds. The molecule has 0 aliphatic heterocycles. The molecule has 1 aromatic rings. The zero-order valence-corrected chi connectivity index (χ0v) is 15.9. The molecule has 140 valence electrons. The summed E-state index contributed by atoms with van der Waals surface area (Å²) in [4.78, 5) is 11.9. The number of allylic oxidation sites excluding steroid dienone is 1. The maximum atomic E-state index is 11.9. The number of nitrogens with one attached hydrogen (secondary N) is 2. The van der Waals surface area contributed by atoms with Gasteiger partial charge in [0.1, 0.15) is 5.60 Å². The molecule has 0 spiro atoms. The van der Waals surface area contributed by atoms with Crippen LogP contribution in [0.5, 0.6) is 0 Å². The summed E-state index contributed by atoms with van der Waals surface area (Å²) in [5.74, 6) is 0.284. The van der Waals surface area contributed by atoms with Crippen molar-refractivity contribution in [3.8, 4) is 0 Å². The number of hydrogen-bond donors (Lipinski definition) is 2. The number of nitrogens with zero attached hydrogens (tertiary/aromatic N) is 2. The first-order valence-corrected chi connectivity index (χ1v) is 9.16. The molecule has 6 nitrogen and oxygen atoms in total. The van der Waals surface area contributed by atoms with Gasteiger partial charge < -0.3 is 15.4 Å². The minimum Gasteiger partial charge on any atom is -0.444 e. The number of aryl methyl sites for hydroxylation is 1. The Hall–Kier alpha value is -1.82. The van der Waals surface area contributed by atoms with Crippen molar-refractivity contribution < 1.29 is 9.53 Å². The third kappa shape index (κ3) is 7.73. The van der Waals surface area contributed by atoms with E-state index < -0.39 is 5.60 Å². The molecule has 2 N–H and O–H groups in total. The molecule has 0 saturated heterocycles. The smallest absolute Gasteiger partial charge is 0.407 e. The summed E-state index contributed by atoms with van der Waals surface area (Å²) in [7, 11) is 1.92. The third-order valence-electron chi connectivity index (χ3n) is 4.14. The number of amides is 1. The molecule has 6 heteroatoms. The van der Waals surface area contributed by atoms with Crippen molar-refractivity contribution in [2.45, 2.75) is 58.1 Å². The van der Waals surface area contributed by atoms with Gasteiger partial charge in [0.2, 0.25) is 0 Å². The summed E-state index contributed by atoms with van der Waals surface area (Å²) in [6.45, 7) is 7.04. The average Bonchev–Trinajstić information content (AvgIpc) is 2.94. The second-order valence-corrected chi connectivity index (χ2v) is 7.85. The van der Waals surface area contributed by atoms with Crippen molar-refractivity contribution in [2.24, 2.45) is 13.0 Å². The zero-order valence-electron chi connectivity index (χ0n) is 15.9. The average molecular weight is 348 g/mol. The first-order valence-electron chi connectivity index (χ1n) is 9.16. The van der Waals surface area contributed by atoms with Crippen LogP contribution in [-0.4, -0.2) is 40.6 Å². The van der Waals surface area contributed by atoms with E-state index in [0.717, 1.165) is 13.0 Å². The summed E-state index contributed by atoms with van der Waals surface area (Å²) in [6.07, 6.45) is 12.5. The molecule has 1 aliphatic carbocycles. The van der Waals surface area contributed by atoms with Crippen molar-refractivity contribution >= 4 is 6.09 Å². The molecule has 0 aromatic carbocycles. The predicted molar refractivity (Wildman–Crippen MR) is 99.4 cm³/mol. The van der Waals surface area contributed by atoms with Gasteiger partial charge in [-0.1, -0.05) is 12.2 Å². The Kier molecular flexibility index (Phi) is 7.05. The fourth-order valence-corrected chi connectivity index (χ4v) is 2.97. The predicted octanol–water partition coefficient (Wildman–Crippen LogP) is 2.80. The number of hydrogen-bond acceptors (Lipinski definition) is 4. The highest BCUT2D eigenvalue weighted by Gasteiger charge is 2.19. The number of carbonyl (C=O) groups excluding carboxylic acids is 1. The van der Waals surface area contributed by atoms with Crippen molar-refractivity contribution in [3.05, 3.63) is 30.1 Å². The molecule has 1 heterocycles. The molecule has 2 atom stereocenters. The summed E-state index contributed by atoms with van der Waals surface area (Å²) < 4.78 is 7.15. The summed E-state index contributed by atoms with van der Waals surface area (Å²) in [5, 5.41) is 10.8. The van der Waals surface area contributed by atoms with Gasteiger partial charge in [0.05, 0.1) is 6.20 Å². The van der Waals surface area contributed by atoms with Crippen LogP contribution < -0.4 is 10.6 Å². The molecule has 0 radical (unpaired) electrons. The quantitative estimate of drug-likeness (QED) is 0.744. The number of alkyl carbamates (subject to hydrolysis) is 1. The van der Waals surface area contributed by atoms with E-state index in [1.165, 1.54) is 24.8 Å². The Morgan fingerprint density at radius 2 is 2.24 bits per heavy atom. The highest BCUT2D eigenvalue weighted by Crippen LogP contribution is 2.13. The molecule has 1 aromatic heterocycles. The molecule has 2 rings (SSSR count). The van der Waals surface area contributed by atoms with E-state index in [4.69, 9.17) is 4.74 Å². The lowest BCUT2D eigenvalue weighted by Gasteiger charge is -2.24. The molecular formula is C19H32N4O2. The number of ether oxygens (including phenoxy) is 1. The molecular weight excluding hydrogens is 316 g/mol. The second kappa shape index (κ2) is 9.04. The molecule has 25 heavy (non-hydrogen) atoms. The molecule has 1 aliphatic rings. The van der Waals surface area contributed by atoms with Crippen LogP contribution in [0.4, 0.5) is 4.79 Å². The minimum absolute atomic E-state index is 0.284. The van der Waals surface area contributed by atoms with Gasteiger partial charge in [-0.25, -0.2) is 4.79 Å². The first-order chi connectivity index (χ1) is 11.8. The van der Waals surface area contributed by atoms with Crippen LogP contribution >= 0.6 is 0 Å². The maximum Gasteiger partial charge on any atom is 0.407 e. The Bertz CT molecular complexity index is 574. The largest absolute Gasteiger partial charge is 0.444 e. The molecule has 2 unspecified atom stereocenters. The van der Waals surface area contributed by atoms with Gasteiger partial charge in [-0.15, -0.1) is 0 Å². The van der Waals surface area contributed by atoms with Gasteiger partial charge in [0, 0.05) is 32.4 Å². The van der Waals surface area contributed by atoms with E-state index in [9.17, 15) is 4.79 Å². The number of carbonyl (C=O) groups is 1. The summed E-state index contributed by atoms with van der Waals surface area (Å²) in [6, 6.07) is 0.437. The van der Waals surface area contributed by atoms with E-state index >= 15 is 0 Å². The van der Waals surface area contributed by atoms with Crippen LogP contribution in [0.25, 0.3) is 0 Å². The van der Waals surface area contributed by atoms with Crippen LogP contribution in [0.3, 0.4) is 0 Å². The van der Waals surface area contributed by atoms with Crippen LogP contribution in [0.15, 0.2) is 24.5 Å². The summed E-state index contributed by atoms with van der Waals surface area (Å²) >= 11 is 0. The summed E-state index contributed by atoms with van der Waals surface area (Å²) in [5.41, 5.74) is 0.702. The third-order valence-corrected chi connectivity index (χ3v) is 4.14. The van der Waals surface area contributed by atoms with Crippen LogP contribution in [0, 0.1) is 5.92 Å². The van der Waals surface area contributed by atoms with Crippen molar-refractivity contribution in [2.75, 3.05) is 13.1 Å². The standard InChI is InChI=1S/C19H32N4O2/c1-19(2,3)25-18(24)21-12-15(10-16-13-22-23(4)14-16)11-20-17-8-6-5-7-9-17/h6,8,13-15,17,20H,5,7,9-12H2,1-4H3,(H,21,24). The lowest BCUT2D eigenvalue weighted by molar-refractivity contribution is 0.0519. The van der Waals surface area contributed by atoms with Crippen LogP contribution in [-0.2, 0) is 18.2 Å². The van der Waals surface area contributed by atoms with Crippen molar-refractivity contribution in [3.63, 3.8) is 0 Å². The zero-order chi connectivity index (χ0) is 18.3. The van der Waals surface area contributed by atoms with E-state index in [-0.39, 0.29) is 12.0 Å². The first kappa shape index (κ1) is 19.5. The Labute approximate surface area is 151 Å². The molecule has 0 saturated carbocycles. The molecule has 0 fully saturated rings. The van der Waals surface area contributed by atoms with Gasteiger partial charge in [-0.2, -0.15) is 5.10 Å². The van der Waals surface area contributed by atoms with E-state index in [0.29, 0.717) is 12.6 Å². The van der Waals surface area contributed by atoms with Gasteiger partial charge in [0.15, 0.2) is 0 Å². The second-order valence-electron chi connectivity index (χ2n) is 7.85. The number of aromatic nitrogens is 2. The van der Waals surface area contributed by atoms with Gasteiger partial charge in [-0.3, -0.25) is 4.68 Å².